The van der Waals surface area contributed by atoms with Crippen LogP contribution in [0.3, 0.4) is 0 Å². The third-order valence-electron chi connectivity index (χ3n) is 7.71. The van der Waals surface area contributed by atoms with Gasteiger partial charge in [0, 0.05) is 53.1 Å². The molecule has 10 nitrogen and oxygen atoms in total. The summed E-state index contributed by atoms with van der Waals surface area (Å²) in [6.07, 6.45) is 8.64. The summed E-state index contributed by atoms with van der Waals surface area (Å²) in [4.78, 5) is 28.0. The number of likely N-dealkylation sites (N-methyl/N-ethyl adjacent to an activating group) is 1. The van der Waals surface area contributed by atoms with Crippen LogP contribution in [0.1, 0.15) is 58.3 Å². The van der Waals surface area contributed by atoms with Crippen LogP contribution in [-0.4, -0.2) is 127 Å². The van der Waals surface area contributed by atoms with Gasteiger partial charge < -0.3 is 39.4 Å². The summed E-state index contributed by atoms with van der Waals surface area (Å²) >= 11 is 0. The van der Waals surface area contributed by atoms with Gasteiger partial charge in [-0.3, -0.25) is 9.59 Å². The van der Waals surface area contributed by atoms with E-state index in [1.165, 1.54) is 38.8 Å². The molecule has 0 aromatic carbocycles. The van der Waals surface area contributed by atoms with E-state index in [1.807, 2.05) is 0 Å². The molecule has 0 saturated carbocycles. The van der Waals surface area contributed by atoms with Gasteiger partial charge in [0.1, 0.15) is 13.2 Å². The number of unbranched alkanes of at least 4 members (excludes halogenated alkanes) is 1. The zero-order valence-corrected chi connectivity index (χ0v) is 24.8. The highest BCUT2D eigenvalue weighted by molar-refractivity contribution is 5.77. The van der Waals surface area contributed by atoms with Crippen LogP contribution in [0.25, 0.3) is 0 Å². The van der Waals surface area contributed by atoms with Crippen molar-refractivity contribution in [2.75, 3.05) is 106 Å². The molecule has 39 heavy (non-hydrogen) atoms. The molecule has 2 N–H and O–H groups in total. The van der Waals surface area contributed by atoms with Crippen molar-refractivity contribution in [3.63, 3.8) is 0 Å². The molecule has 2 fully saturated rings. The summed E-state index contributed by atoms with van der Waals surface area (Å²) in [5, 5.41) is 5.54. The number of nitrogens with one attached hydrogen (secondary N) is 2. The summed E-state index contributed by atoms with van der Waals surface area (Å²) in [5.74, 6) is 1.42. The molecule has 10 heteroatoms. The first-order chi connectivity index (χ1) is 19.1. The van der Waals surface area contributed by atoms with Crippen LogP contribution < -0.4 is 10.6 Å². The molecular formula is C29H56N4O6. The summed E-state index contributed by atoms with van der Waals surface area (Å²) in [6, 6.07) is 0. The lowest BCUT2D eigenvalue weighted by Crippen LogP contribution is -2.37. The zero-order chi connectivity index (χ0) is 28.0. The van der Waals surface area contributed by atoms with Crippen molar-refractivity contribution < 1.29 is 28.5 Å². The minimum atomic E-state index is -0.0923. The number of hydrogen-bond acceptors (Lipinski definition) is 8. The van der Waals surface area contributed by atoms with Crippen LogP contribution in [0.4, 0.5) is 0 Å². The van der Waals surface area contributed by atoms with Gasteiger partial charge in [0.15, 0.2) is 0 Å². The zero-order valence-electron chi connectivity index (χ0n) is 24.8. The van der Waals surface area contributed by atoms with E-state index in [2.05, 4.69) is 27.4 Å². The largest absolute Gasteiger partial charge is 0.380 e. The van der Waals surface area contributed by atoms with E-state index in [9.17, 15) is 9.59 Å². The Morgan fingerprint density at radius 3 is 1.82 bits per heavy atom. The number of carbonyl (C=O) groups excluding carboxylic acids is 2. The molecule has 0 atom stereocenters. The molecule has 0 bridgehead atoms. The molecule has 228 valence electrons. The molecule has 2 rings (SSSR count). The first kappa shape index (κ1) is 33.9. The fourth-order valence-corrected chi connectivity index (χ4v) is 4.92. The maximum Gasteiger partial charge on any atom is 0.245 e. The first-order valence-electron chi connectivity index (χ1n) is 15.3. The number of hydrogen-bond donors (Lipinski definition) is 2. The Labute approximate surface area is 236 Å². The molecule has 0 radical (unpaired) electrons. The van der Waals surface area contributed by atoms with Gasteiger partial charge in [0.25, 0.3) is 0 Å². The van der Waals surface area contributed by atoms with Crippen molar-refractivity contribution in [1.82, 2.24) is 20.4 Å². The summed E-state index contributed by atoms with van der Waals surface area (Å²) in [5.41, 5.74) is 0. The number of piperidine rings is 2. The molecule has 2 aliphatic rings. The number of amides is 2. The average molecular weight is 557 g/mol. The molecule has 0 aromatic heterocycles. The Balaban J connectivity index is 1.30. The van der Waals surface area contributed by atoms with E-state index < -0.39 is 0 Å². The second-order valence-corrected chi connectivity index (χ2v) is 11.0. The van der Waals surface area contributed by atoms with E-state index in [0.29, 0.717) is 25.7 Å². The monoisotopic (exact) mass is 556 g/mol. The van der Waals surface area contributed by atoms with Crippen molar-refractivity contribution in [2.45, 2.75) is 58.3 Å². The van der Waals surface area contributed by atoms with Crippen LogP contribution in [-0.2, 0) is 28.5 Å². The standard InChI is InChI=1S/C29H56N4O6/c1-26-7-12-32(13-8-26)16-23-37-20-5-21-39-25-29(35)31-11-6-27-9-14-33(15-10-27)17-22-36-18-3-4-19-38-24-28(34)30-2/h26-27H,3-25H2,1-2H3,(H,30,34)(H,31,35). The minimum Gasteiger partial charge on any atom is -0.380 e. The van der Waals surface area contributed by atoms with E-state index in [0.717, 1.165) is 84.1 Å². The Morgan fingerprint density at radius 2 is 1.21 bits per heavy atom. The van der Waals surface area contributed by atoms with Gasteiger partial charge in [-0.2, -0.15) is 0 Å². The SMILES string of the molecule is CNC(=O)COCCCCOCCN1CCC(CCNC(=O)COCCCOCCN2CCC(C)CC2)CC1. The normalized spacial score (nSPS) is 17.9. The van der Waals surface area contributed by atoms with Crippen molar-refractivity contribution >= 4 is 11.8 Å². The van der Waals surface area contributed by atoms with Gasteiger partial charge in [-0.25, -0.2) is 0 Å². The molecule has 0 unspecified atom stereocenters. The van der Waals surface area contributed by atoms with Crippen LogP contribution >= 0.6 is 0 Å². The lowest BCUT2D eigenvalue weighted by molar-refractivity contribution is -0.126. The quantitative estimate of drug-likeness (QED) is 0.195. The minimum absolute atomic E-state index is 0.0251. The maximum atomic E-state index is 12.0. The first-order valence-corrected chi connectivity index (χ1v) is 15.3. The second-order valence-electron chi connectivity index (χ2n) is 11.0. The second kappa shape index (κ2) is 22.4. The van der Waals surface area contributed by atoms with Gasteiger partial charge in [-0.05, 0) is 89.4 Å². The fourth-order valence-electron chi connectivity index (χ4n) is 4.92. The van der Waals surface area contributed by atoms with Crippen LogP contribution in [0.15, 0.2) is 0 Å². The van der Waals surface area contributed by atoms with Gasteiger partial charge in [-0.1, -0.05) is 6.92 Å². The summed E-state index contributed by atoms with van der Waals surface area (Å²) in [7, 11) is 1.61. The van der Waals surface area contributed by atoms with Crippen molar-refractivity contribution in [2.24, 2.45) is 11.8 Å². The molecule has 2 saturated heterocycles. The van der Waals surface area contributed by atoms with E-state index in [4.69, 9.17) is 18.9 Å². The summed E-state index contributed by atoms with van der Waals surface area (Å²) < 4.78 is 22.3. The molecule has 0 spiro atoms. The van der Waals surface area contributed by atoms with Crippen LogP contribution in [0.5, 0.6) is 0 Å². The smallest absolute Gasteiger partial charge is 0.245 e. The third kappa shape index (κ3) is 17.9. The number of rotatable bonds is 22. The fraction of sp³-hybridized carbons (Fsp3) is 0.931. The van der Waals surface area contributed by atoms with Crippen molar-refractivity contribution in [3.05, 3.63) is 0 Å². The van der Waals surface area contributed by atoms with E-state index >= 15 is 0 Å². The van der Waals surface area contributed by atoms with Gasteiger partial charge in [-0.15, -0.1) is 0 Å². The van der Waals surface area contributed by atoms with Gasteiger partial charge in [0.05, 0.1) is 13.2 Å². The number of carbonyl (C=O) groups is 2. The highest BCUT2D eigenvalue weighted by Crippen LogP contribution is 2.19. The Bertz CT molecular complexity index is 625. The molecule has 0 aromatic rings. The lowest BCUT2D eigenvalue weighted by atomic mass is 9.93. The number of ether oxygens (including phenoxy) is 4. The van der Waals surface area contributed by atoms with Crippen molar-refractivity contribution in [3.8, 4) is 0 Å². The van der Waals surface area contributed by atoms with Crippen LogP contribution in [0, 0.1) is 11.8 Å². The topological polar surface area (TPSA) is 102 Å². The highest BCUT2D eigenvalue weighted by atomic mass is 16.5. The van der Waals surface area contributed by atoms with E-state index in [1.54, 1.807) is 7.05 Å². The van der Waals surface area contributed by atoms with Crippen LogP contribution in [0.2, 0.25) is 0 Å². The van der Waals surface area contributed by atoms with Gasteiger partial charge in [0.2, 0.25) is 11.8 Å². The number of likely N-dealkylation sites (tertiary alicyclic amines) is 2. The Morgan fingerprint density at radius 1 is 0.692 bits per heavy atom. The summed E-state index contributed by atoms with van der Waals surface area (Å²) in [6.45, 7) is 14.0. The molecular weight excluding hydrogens is 500 g/mol. The predicted molar refractivity (Wildman–Crippen MR) is 153 cm³/mol. The Hall–Kier alpha value is -1.30. The molecule has 2 heterocycles. The lowest BCUT2D eigenvalue weighted by Gasteiger charge is -2.31. The van der Waals surface area contributed by atoms with Crippen molar-refractivity contribution in [1.29, 1.82) is 0 Å². The molecule has 0 aliphatic carbocycles. The molecule has 2 amide bonds. The highest BCUT2D eigenvalue weighted by Gasteiger charge is 2.19. The number of nitrogens with zero attached hydrogens (tertiary/aromatic N) is 2. The maximum absolute atomic E-state index is 12.0. The molecule has 2 aliphatic heterocycles. The predicted octanol–water partition coefficient (Wildman–Crippen LogP) is 1.92. The average Bonchev–Trinajstić information content (AvgIpc) is 2.95. The van der Waals surface area contributed by atoms with E-state index in [-0.39, 0.29) is 25.0 Å². The third-order valence-corrected chi connectivity index (χ3v) is 7.71. The Kier molecular flexibility index (Phi) is 19.5. The van der Waals surface area contributed by atoms with Gasteiger partial charge >= 0.3 is 0 Å².